The highest BCUT2D eigenvalue weighted by Crippen LogP contribution is 2.40. The van der Waals surface area contributed by atoms with E-state index in [0.29, 0.717) is 29.4 Å². The van der Waals surface area contributed by atoms with Gasteiger partial charge >= 0.3 is 0 Å². The number of hydrogen-bond donors (Lipinski definition) is 1. The highest BCUT2D eigenvalue weighted by atomic mass is 35.5. The summed E-state index contributed by atoms with van der Waals surface area (Å²) in [6.45, 7) is 7.30. The van der Waals surface area contributed by atoms with E-state index in [9.17, 15) is 14.7 Å². The van der Waals surface area contributed by atoms with Gasteiger partial charge in [0.2, 0.25) is 0 Å². The molecule has 0 bridgehead atoms. The Morgan fingerprint density at radius 2 is 1.76 bits per heavy atom. The van der Waals surface area contributed by atoms with Crippen molar-refractivity contribution in [2.24, 2.45) is 0 Å². The van der Waals surface area contributed by atoms with Gasteiger partial charge in [-0.05, 0) is 48.8 Å². The van der Waals surface area contributed by atoms with E-state index >= 15 is 0 Å². The maximum atomic E-state index is 13.1. The number of aliphatic hydroxyl groups excluding tert-OH is 1. The van der Waals surface area contributed by atoms with E-state index in [1.54, 1.807) is 12.1 Å². The van der Waals surface area contributed by atoms with Crippen LogP contribution in [0.4, 0.5) is 0 Å². The van der Waals surface area contributed by atoms with Crippen LogP contribution in [0.25, 0.3) is 5.76 Å². The molecule has 1 atom stereocenters. The number of ketones is 1. The summed E-state index contributed by atoms with van der Waals surface area (Å²) in [4.78, 5) is 29.6. The molecule has 0 aliphatic carbocycles. The highest BCUT2D eigenvalue weighted by molar-refractivity contribution is 6.46. The molecule has 1 amide bonds. The van der Waals surface area contributed by atoms with Gasteiger partial charge in [0.05, 0.1) is 23.7 Å². The Bertz CT molecular complexity index is 1080. The summed E-state index contributed by atoms with van der Waals surface area (Å²) >= 11 is 6.25. The Balaban J connectivity index is 2.15. The van der Waals surface area contributed by atoms with E-state index in [4.69, 9.17) is 16.3 Å². The minimum absolute atomic E-state index is 0.0366. The van der Waals surface area contributed by atoms with Crippen molar-refractivity contribution in [1.29, 1.82) is 0 Å². The van der Waals surface area contributed by atoms with E-state index in [0.717, 1.165) is 11.1 Å². The van der Waals surface area contributed by atoms with Gasteiger partial charge in [-0.3, -0.25) is 9.59 Å². The van der Waals surface area contributed by atoms with Crippen LogP contribution >= 0.6 is 11.6 Å². The summed E-state index contributed by atoms with van der Waals surface area (Å²) in [5.74, 6) is -1.13. The first kappa shape index (κ1) is 24.8. The lowest BCUT2D eigenvalue weighted by atomic mass is 9.85. The third kappa shape index (κ3) is 5.07. The first-order chi connectivity index (χ1) is 15.5. The van der Waals surface area contributed by atoms with Gasteiger partial charge in [-0.25, -0.2) is 0 Å². The van der Waals surface area contributed by atoms with Crippen LogP contribution in [0, 0.1) is 0 Å². The molecule has 2 aromatic rings. The van der Waals surface area contributed by atoms with Crippen molar-refractivity contribution in [1.82, 2.24) is 9.80 Å². The number of Topliss-reactive ketones (excluding diaryl/α,β-unsaturated/α-hetero) is 1. The molecule has 7 heteroatoms. The SMILES string of the molecule is COc1ccc(/C(O)=C2/C(=O)C(=O)N(CCN(C)C)C2c2ccc(C(C)(C)C)cc2)cc1Cl. The quantitative estimate of drug-likeness (QED) is 0.378. The van der Waals surface area contributed by atoms with E-state index in [2.05, 4.69) is 20.8 Å². The molecule has 3 rings (SSSR count). The molecule has 0 aromatic heterocycles. The van der Waals surface area contributed by atoms with E-state index in [1.807, 2.05) is 43.3 Å². The largest absolute Gasteiger partial charge is 0.507 e. The van der Waals surface area contributed by atoms with Gasteiger partial charge in [0.15, 0.2) is 0 Å². The number of nitrogens with zero attached hydrogens (tertiary/aromatic N) is 2. The number of rotatable bonds is 6. The van der Waals surface area contributed by atoms with Crippen LogP contribution < -0.4 is 4.74 Å². The molecule has 1 saturated heterocycles. The minimum atomic E-state index is -0.705. The van der Waals surface area contributed by atoms with Gasteiger partial charge in [0.1, 0.15) is 11.5 Å². The van der Waals surface area contributed by atoms with Crippen molar-refractivity contribution in [2.75, 3.05) is 34.3 Å². The van der Waals surface area contributed by atoms with Gasteiger partial charge in [0.25, 0.3) is 11.7 Å². The fourth-order valence-corrected chi connectivity index (χ4v) is 4.16. The van der Waals surface area contributed by atoms with Crippen molar-refractivity contribution >= 4 is 29.1 Å². The highest BCUT2D eigenvalue weighted by Gasteiger charge is 2.46. The normalized spacial score (nSPS) is 18.3. The fraction of sp³-hybridized carbons (Fsp3) is 0.385. The number of likely N-dealkylation sites (N-methyl/N-ethyl adjacent to an activating group) is 1. The van der Waals surface area contributed by atoms with Crippen LogP contribution in [-0.4, -0.2) is 60.9 Å². The van der Waals surface area contributed by atoms with Gasteiger partial charge in [-0.15, -0.1) is 0 Å². The topological polar surface area (TPSA) is 70.1 Å². The number of carbonyl (C=O) groups excluding carboxylic acids is 2. The monoisotopic (exact) mass is 470 g/mol. The number of methoxy groups -OCH3 is 1. The minimum Gasteiger partial charge on any atom is -0.507 e. The summed E-state index contributed by atoms with van der Waals surface area (Å²) in [5.41, 5.74) is 2.28. The predicted octanol–water partition coefficient (Wildman–Crippen LogP) is 4.63. The lowest BCUT2D eigenvalue weighted by molar-refractivity contribution is -0.140. The molecule has 0 radical (unpaired) electrons. The Kier molecular flexibility index (Phi) is 7.20. The van der Waals surface area contributed by atoms with Gasteiger partial charge in [0, 0.05) is 18.7 Å². The Morgan fingerprint density at radius 1 is 1.12 bits per heavy atom. The van der Waals surface area contributed by atoms with Crippen LogP contribution in [0.1, 0.15) is 43.5 Å². The molecule has 1 N–H and O–H groups in total. The summed E-state index contributed by atoms with van der Waals surface area (Å²) < 4.78 is 5.18. The molecule has 176 valence electrons. The van der Waals surface area contributed by atoms with Crippen molar-refractivity contribution in [3.63, 3.8) is 0 Å². The van der Waals surface area contributed by atoms with Gasteiger partial charge in [-0.2, -0.15) is 0 Å². The predicted molar refractivity (Wildman–Crippen MR) is 131 cm³/mol. The van der Waals surface area contributed by atoms with Crippen molar-refractivity contribution in [3.8, 4) is 5.75 Å². The van der Waals surface area contributed by atoms with E-state index in [1.165, 1.54) is 18.1 Å². The molecule has 1 heterocycles. The summed E-state index contributed by atoms with van der Waals surface area (Å²) in [5, 5.41) is 11.5. The number of halogens is 1. The second-order valence-electron chi connectivity index (χ2n) is 9.52. The molecule has 1 fully saturated rings. The molecule has 1 unspecified atom stereocenters. The standard InChI is InChI=1S/C26H31ClN2O4/c1-26(2,3)18-10-7-16(8-11-18)22-21(24(31)25(32)29(22)14-13-28(4)5)23(30)17-9-12-20(33-6)19(27)15-17/h7-12,15,22,30H,13-14H2,1-6H3/b23-21-. The molecule has 33 heavy (non-hydrogen) atoms. The first-order valence-electron chi connectivity index (χ1n) is 10.8. The van der Waals surface area contributed by atoms with E-state index < -0.39 is 17.7 Å². The zero-order valence-electron chi connectivity index (χ0n) is 20.0. The number of ether oxygens (including phenoxy) is 1. The molecule has 0 spiro atoms. The Morgan fingerprint density at radius 3 is 2.27 bits per heavy atom. The average molecular weight is 471 g/mol. The maximum absolute atomic E-state index is 13.1. The molecule has 1 aliphatic rings. The summed E-state index contributed by atoms with van der Waals surface area (Å²) in [6, 6.07) is 11.9. The fourth-order valence-electron chi connectivity index (χ4n) is 3.90. The first-order valence-corrected chi connectivity index (χ1v) is 11.2. The molecule has 0 saturated carbocycles. The smallest absolute Gasteiger partial charge is 0.295 e. The van der Waals surface area contributed by atoms with Gasteiger partial charge in [-0.1, -0.05) is 56.6 Å². The maximum Gasteiger partial charge on any atom is 0.295 e. The van der Waals surface area contributed by atoms with Crippen LogP contribution in [0.3, 0.4) is 0 Å². The number of hydrogen-bond acceptors (Lipinski definition) is 5. The summed E-state index contributed by atoms with van der Waals surface area (Å²) in [7, 11) is 5.31. The zero-order chi connectivity index (χ0) is 24.5. The number of carbonyl (C=O) groups is 2. The molecular formula is C26H31ClN2O4. The van der Waals surface area contributed by atoms with Crippen LogP contribution in [0.5, 0.6) is 5.75 Å². The lowest BCUT2D eigenvalue weighted by Gasteiger charge is -2.27. The zero-order valence-corrected chi connectivity index (χ0v) is 20.7. The number of likely N-dealkylation sites (tertiary alicyclic amines) is 1. The second-order valence-corrected chi connectivity index (χ2v) is 9.92. The number of benzene rings is 2. The lowest BCUT2D eigenvalue weighted by Crippen LogP contribution is -2.35. The third-order valence-corrected chi connectivity index (χ3v) is 6.14. The number of aliphatic hydroxyl groups is 1. The van der Waals surface area contributed by atoms with Crippen molar-refractivity contribution in [3.05, 3.63) is 69.8 Å². The Labute approximate surface area is 200 Å². The third-order valence-electron chi connectivity index (χ3n) is 5.85. The summed E-state index contributed by atoms with van der Waals surface area (Å²) in [6.07, 6.45) is 0. The molecule has 2 aromatic carbocycles. The van der Waals surface area contributed by atoms with Crippen molar-refractivity contribution in [2.45, 2.75) is 32.2 Å². The van der Waals surface area contributed by atoms with Crippen LogP contribution in [0.2, 0.25) is 5.02 Å². The molecule has 1 aliphatic heterocycles. The molecule has 6 nitrogen and oxygen atoms in total. The van der Waals surface area contributed by atoms with Crippen LogP contribution in [-0.2, 0) is 15.0 Å². The average Bonchev–Trinajstić information content (AvgIpc) is 3.01. The van der Waals surface area contributed by atoms with Crippen LogP contribution in [0.15, 0.2) is 48.0 Å². The molecular weight excluding hydrogens is 440 g/mol. The van der Waals surface area contributed by atoms with Crippen molar-refractivity contribution < 1.29 is 19.4 Å². The second kappa shape index (κ2) is 9.57. The number of amides is 1. The Hall–Kier alpha value is -2.83. The van der Waals surface area contributed by atoms with Gasteiger partial charge < -0.3 is 19.6 Å². The van der Waals surface area contributed by atoms with E-state index in [-0.39, 0.29) is 16.7 Å².